The topological polar surface area (TPSA) is 115 Å². The van der Waals surface area contributed by atoms with Crippen molar-refractivity contribution in [2.24, 2.45) is 0 Å². The van der Waals surface area contributed by atoms with E-state index in [1.807, 2.05) is 0 Å². The number of methoxy groups -OCH3 is 1. The number of rotatable bonds is 10. The number of amides is 2. The zero-order valence-electron chi connectivity index (χ0n) is 19.2. The molecule has 0 bridgehead atoms. The molecule has 9 nitrogen and oxygen atoms in total. The Morgan fingerprint density at radius 3 is 2.69 bits per heavy atom. The summed E-state index contributed by atoms with van der Waals surface area (Å²) < 4.78 is 6.53. The second kappa shape index (κ2) is 12.2. The van der Waals surface area contributed by atoms with Crippen LogP contribution in [0.25, 0.3) is 0 Å². The van der Waals surface area contributed by atoms with Crippen LogP contribution in [0.1, 0.15) is 39.5 Å². The van der Waals surface area contributed by atoms with Crippen LogP contribution in [-0.4, -0.2) is 45.4 Å². The number of para-hydroxylation sites is 1. The highest BCUT2D eigenvalue weighted by Gasteiger charge is 2.21. The molecule has 0 aliphatic rings. The third-order valence-electron chi connectivity index (χ3n) is 4.82. The highest BCUT2D eigenvalue weighted by Crippen LogP contribution is 2.22. The number of benzene rings is 2. The van der Waals surface area contributed by atoms with Crippen LogP contribution in [0, 0.1) is 0 Å². The second-order valence-corrected chi connectivity index (χ2v) is 8.70. The third kappa shape index (κ3) is 6.71. The molecule has 1 heterocycles. The van der Waals surface area contributed by atoms with Crippen molar-refractivity contribution in [3.05, 3.63) is 83.2 Å². The molecule has 1 atom stereocenters. The van der Waals surface area contributed by atoms with Crippen molar-refractivity contribution in [1.82, 2.24) is 20.1 Å². The molecule has 2 aromatic carbocycles. The van der Waals surface area contributed by atoms with Gasteiger partial charge in [-0.05, 0) is 37.3 Å². The lowest BCUT2D eigenvalue weighted by molar-refractivity contribution is -0.113. The number of esters is 1. The highest BCUT2D eigenvalue weighted by atomic mass is 35.5. The molecule has 0 aliphatic carbocycles. The maximum atomic E-state index is 12.6. The number of hydrogen-bond donors (Lipinski definition) is 2. The summed E-state index contributed by atoms with van der Waals surface area (Å²) >= 11 is 7.15. The van der Waals surface area contributed by atoms with E-state index in [2.05, 4.69) is 27.4 Å². The number of ether oxygens (including phenoxy) is 1. The first-order chi connectivity index (χ1) is 16.8. The van der Waals surface area contributed by atoms with E-state index in [9.17, 15) is 14.4 Å². The van der Waals surface area contributed by atoms with E-state index < -0.39 is 12.0 Å². The van der Waals surface area contributed by atoms with Gasteiger partial charge in [0.05, 0.1) is 30.2 Å². The molecule has 3 aromatic rings. The predicted octanol–water partition coefficient (Wildman–Crippen LogP) is 4.13. The maximum Gasteiger partial charge on any atom is 0.339 e. The standard InChI is InChI=1S/C24H24ClN5O4S/c1-4-12-30-21(15(2)26-22(32)16-8-7-9-17(25)13-16)28-29-24(30)35-14-20(31)27-19-11-6-5-10-18(19)23(33)34-3/h4-11,13,15H,1,12,14H2,2-3H3,(H,26,32)(H,27,31)/t15-/m0/s1. The Balaban J connectivity index is 1.68. The molecule has 0 saturated carbocycles. The fourth-order valence-electron chi connectivity index (χ4n) is 3.20. The van der Waals surface area contributed by atoms with Gasteiger partial charge < -0.3 is 19.9 Å². The van der Waals surface area contributed by atoms with Crippen molar-refractivity contribution in [2.45, 2.75) is 24.7 Å². The van der Waals surface area contributed by atoms with Gasteiger partial charge in [0.1, 0.15) is 0 Å². The van der Waals surface area contributed by atoms with Crippen molar-refractivity contribution >= 4 is 46.8 Å². The van der Waals surface area contributed by atoms with E-state index in [1.165, 1.54) is 18.9 Å². The normalized spacial score (nSPS) is 11.4. The second-order valence-electron chi connectivity index (χ2n) is 7.32. The number of carbonyl (C=O) groups excluding carboxylic acids is 3. The van der Waals surface area contributed by atoms with E-state index >= 15 is 0 Å². The fraction of sp³-hybridized carbons (Fsp3) is 0.208. The summed E-state index contributed by atoms with van der Waals surface area (Å²) in [5, 5.41) is 15.0. The van der Waals surface area contributed by atoms with E-state index in [0.29, 0.717) is 33.8 Å². The van der Waals surface area contributed by atoms with Gasteiger partial charge in [-0.3, -0.25) is 9.59 Å². The molecule has 11 heteroatoms. The summed E-state index contributed by atoms with van der Waals surface area (Å²) in [7, 11) is 1.28. The summed E-state index contributed by atoms with van der Waals surface area (Å²) in [6.07, 6.45) is 1.68. The van der Waals surface area contributed by atoms with Crippen LogP contribution in [-0.2, 0) is 16.1 Å². The van der Waals surface area contributed by atoms with Crippen LogP contribution in [0.3, 0.4) is 0 Å². The summed E-state index contributed by atoms with van der Waals surface area (Å²) in [6, 6.07) is 12.8. The third-order valence-corrected chi connectivity index (χ3v) is 6.02. The average Bonchev–Trinajstić information content (AvgIpc) is 3.25. The molecule has 1 aromatic heterocycles. The van der Waals surface area contributed by atoms with E-state index in [0.717, 1.165) is 0 Å². The van der Waals surface area contributed by atoms with Crippen LogP contribution in [0.2, 0.25) is 5.02 Å². The lowest BCUT2D eigenvalue weighted by atomic mass is 10.2. The van der Waals surface area contributed by atoms with Gasteiger partial charge in [-0.15, -0.1) is 16.8 Å². The van der Waals surface area contributed by atoms with Gasteiger partial charge >= 0.3 is 5.97 Å². The average molecular weight is 514 g/mol. The van der Waals surface area contributed by atoms with E-state index in [-0.39, 0.29) is 23.1 Å². The van der Waals surface area contributed by atoms with Crippen molar-refractivity contribution < 1.29 is 19.1 Å². The maximum absolute atomic E-state index is 12.6. The molecule has 0 saturated heterocycles. The number of nitrogens with one attached hydrogen (secondary N) is 2. The molecule has 3 rings (SSSR count). The molecule has 0 fully saturated rings. The molecule has 0 spiro atoms. The first-order valence-corrected chi connectivity index (χ1v) is 11.9. The number of thioether (sulfide) groups is 1. The quantitative estimate of drug-likeness (QED) is 0.238. The largest absolute Gasteiger partial charge is 0.465 e. The first kappa shape index (κ1) is 26.0. The number of halogens is 1. The smallest absolute Gasteiger partial charge is 0.339 e. The molecular weight excluding hydrogens is 490 g/mol. The zero-order chi connectivity index (χ0) is 25.4. The molecule has 0 unspecified atom stereocenters. The number of nitrogens with zero attached hydrogens (tertiary/aromatic N) is 3. The summed E-state index contributed by atoms with van der Waals surface area (Å²) in [5.74, 6) is -0.639. The van der Waals surface area contributed by atoms with Gasteiger partial charge in [-0.25, -0.2) is 4.79 Å². The lowest BCUT2D eigenvalue weighted by Gasteiger charge is -2.15. The lowest BCUT2D eigenvalue weighted by Crippen LogP contribution is -2.28. The van der Waals surface area contributed by atoms with Gasteiger partial charge in [0.15, 0.2) is 11.0 Å². The summed E-state index contributed by atoms with van der Waals surface area (Å²) in [6.45, 7) is 5.94. The van der Waals surface area contributed by atoms with Crippen LogP contribution in [0.5, 0.6) is 0 Å². The van der Waals surface area contributed by atoms with Crippen molar-refractivity contribution in [3.63, 3.8) is 0 Å². The molecular formula is C24H24ClN5O4S. The first-order valence-electron chi connectivity index (χ1n) is 10.5. The fourth-order valence-corrected chi connectivity index (χ4v) is 4.14. The van der Waals surface area contributed by atoms with Crippen molar-refractivity contribution in [2.75, 3.05) is 18.2 Å². The Bertz CT molecular complexity index is 1250. The Morgan fingerprint density at radius 1 is 1.20 bits per heavy atom. The molecule has 0 radical (unpaired) electrons. The minimum Gasteiger partial charge on any atom is -0.465 e. The van der Waals surface area contributed by atoms with Crippen molar-refractivity contribution in [3.8, 4) is 0 Å². The Hall–Kier alpha value is -3.63. The number of aromatic nitrogens is 3. The van der Waals surface area contributed by atoms with E-state index in [1.54, 1.807) is 66.1 Å². The van der Waals surface area contributed by atoms with Crippen LogP contribution < -0.4 is 10.6 Å². The van der Waals surface area contributed by atoms with Gasteiger partial charge in [-0.1, -0.05) is 47.6 Å². The van der Waals surface area contributed by atoms with E-state index in [4.69, 9.17) is 16.3 Å². The SMILES string of the molecule is C=CCn1c(SCC(=O)Nc2ccccc2C(=O)OC)nnc1[C@H](C)NC(=O)c1cccc(Cl)c1. The number of carbonyl (C=O) groups is 3. The van der Waals surface area contributed by atoms with Gasteiger partial charge in [-0.2, -0.15) is 0 Å². The van der Waals surface area contributed by atoms with Gasteiger partial charge in [0.25, 0.3) is 5.91 Å². The minimum absolute atomic E-state index is 0.0219. The molecule has 35 heavy (non-hydrogen) atoms. The minimum atomic E-state index is -0.544. The highest BCUT2D eigenvalue weighted by molar-refractivity contribution is 7.99. The predicted molar refractivity (Wildman–Crippen MR) is 135 cm³/mol. The number of anilines is 1. The Morgan fingerprint density at radius 2 is 1.97 bits per heavy atom. The zero-order valence-corrected chi connectivity index (χ0v) is 20.7. The van der Waals surface area contributed by atoms with Gasteiger partial charge in [0.2, 0.25) is 5.91 Å². The molecule has 2 amide bonds. The molecule has 0 aliphatic heterocycles. The molecule has 2 N–H and O–H groups in total. The van der Waals surface area contributed by atoms with Crippen LogP contribution in [0.15, 0.2) is 66.3 Å². The van der Waals surface area contributed by atoms with Crippen LogP contribution >= 0.6 is 23.4 Å². The summed E-state index contributed by atoms with van der Waals surface area (Å²) in [5.41, 5.74) is 1.04. The number of hydrogen-bond acceptors (Lipinski definition) is 7. The number of allylic oxidation sites excluding steroid dienone is 1. The molecule has 182 valence electrons. The van der Waals surface area contributed by atoms with Gasteiger partial charge in [0, 0.05) is 17.1 Å². The van der Waals surface area contributed by atoms with Crippen LogP contribution in [0.4, 0.5) is 5.69 Å². The Labute approximate surface area is 211 Å². The summed E-state index contributed by atoms with van der Waals surface area (Å²) in [4.78, 5) is 37.1. The monoisotopic (exact) mass is 513 g/mol. The van der Waals surface area contributed by atoms with Crippen molar-refractivity contribution in [1.29, 1.82) is 0 Å². The Kier molecular flexibility index (Phi) is 9.04.